The highest BCUT2D eigenvalue weighted by Crippen LogP contribution is 2.35. The first-order chi connectivity index (χ1) is 15.4. The Kier molecular flexibility index (Phi) is 6.21. The fourth-order valence-corrected chi connectivity index (χ4v) is 5.24. The highest BCUT2D eigenvalue weighted by Gasteiger charge is 2.27. The molecule has 0 radical (unpaired) electrons. The number of nitrogens with one attached hydrogen (secondary N) is 1. The van der Waals surface area contributed by atoms with Gasteiger partial charge in [0.15, 0.2) is 11.5 Å². The van der Waals surface area contributed by atoms with Gasteiger partial charge in [-0.3, -0.25) is 9.69 Å². The van der Waals surface area contributed by atoms with Crippen LogP contribution in [0, 0.1) is 6.92 Å². The quantitative estimate of drug-likeness (QED) is 0.565. The number of aryl methyl sites for hydroxylation is 1. The van der Waals surface area contributed by atoms with Crippen LogP contribution in [0.4, 0.5) is 0 Å². The van der Waals surface area contributed by atoms with Gasteiger partial charge in [0.25, 0.3) is 5.56 Å². The molecular weight excluding hydrogens is 430 g/mol. The topological polar surface area (TPSA) is 93.8 Å². The van der Waals surface area contributed by atoms with Crippen LogP contribution in [0.2, 0.25) is 0 Å². The number of methoxy groups -OCH3 is 2. The first-order valence-electron chi connectivity index (χ1n) is 10.6. The molecule has 0 fully saturated rings. The SMILES string of the molecule is CCOC(=O)c1sc2nc(C(C)N3CCc4cc(OC)c(OC)cc4C3)[nH]c(=O)c2c1C. The zero-order chi connectivity index (χ0) is 23.0. The Labute approximate surface area is 190 Å². The molecule has 32 heavy (non-hydrogen) atoms. The predicted octanol–water partition coefficient (Wildman–Crippen LogP) is 3.61. The molecule has 9 heteroatoms. The minimum Gasteiger partial charge on any atom is -0.493 e. The van der Waals surface area contributed by atoms with Crippen LogP contribution in [0.1, 0.15) is 52.1 Å². The van der Waals surface area contributed by atoms with Gasteiger partial charge in [-0.25, -0.2) is 9.78 Å². The molecule has 1 aliphatic rings. The first kappa shape index (κ1) is 22.3. The van der Waals surface area contributed by atoms with E-state index in [1.807, 2.05) is 19.1 Å². The second-order valence-electron chi connectivity index (χ2n) is 7.78. The Morgan fingerprint density at radius 2 is 1.94 bits per heavy atom. The summed E-state index contributed by atoms with van der Waals surface area (Å²) in [4.78, 5) is 36.0. The second-order valence-corrected chi connectivity index (χ2v) is 8.78. The summed E-state index contributed by atoms with van der Waals surface area (Å²) in [6.45, 7) is 7.36. The molecule has 170 valence electrons. The largest absolute Gasteiger partial charge is 0.493 e. The van der Waals surface area contributed by atoms with Crippen molar-refractivity contribution in [3.05, 3.63) is 49.9 Å². The number of aromatic nitrogens is 2. The maximum absolute atomic E-state index is 12.9. The lowest BCUT2D eigenvalue weighted by atomic mass is 9.97. The molecular formula is C23H27N3O5S. The number of carbonyl (C=O) groups is 1. The van der Waals surface area contributed by atoms with E-state index in [0.717, 1.165) is 18.7 Å². The minimum absolute atomic E-state index is 0.109. The van der Waals surface area contributed by atoms with E-state index in [1.54, 1.807) is 28.1 Å². The number of esters is 1. The van der Waals surface area contributed by atoms with Gasteiger partial charge in [-0.15, -0.1) is 11.3 Å². The number of hydrogen-bond donors (Lipinski definition) is 1. The molecule has 8 nitrogen and oxygen atoms in total. The van der Waals surface area contributed by atoms with Crippen molar-refractivity contribution in [2.45, 2.75) is 39.8 Å². The number of thiophene rings is 1. The first-order valence-corrected chi connectivity index (χ1v) is 11.4. The van der Waals surface area contributed by atoms with Crippen LogP contribution in [0.15, 0.2) is 16.9 Å². The van der Waals surface area contributed by atoms with Crippen LogP contribution < -0.4 is 15.0 Å². The maximum atomic E-state index is 12.9. The molecule has 0 saturated heterocycles. The molecule has 1 aromatic carbocycles. The van der Waals surface area contributed by atoms with Gasteiger partial charge in [-0.1, -0.05) is 0 Å². The number of nitrogens with zero attached hydrogens (tertiary/aromatic N) is 2. The Morgan fingerprint density at radius 3 is 2.59 bits per heavy atom. The van der Waals surface area contributed by atoms with Crippen molar-refractivity contribution in [3.8, 4) is 11.5 Å². The van der Waals surface area contributed by atoms with Gasteiger partial charge in [0.05, 0.1) is 32.3 Å². The number of hydrogen-bond acceptors (Lipinski definition) is 8. The van der Waals surface area contributed by atoms with Crippen LogP contribution in [0.5, 0.6) is 11.5 Å². The lowest BCUT2D eigenvalue weighted by Gasteiger charge is -2.33. The standard InChI is InChI=1S/C23H27N3O5S/c1-6-31-23(28)19-12(2)18-21(27)24-20(25-22(18)32-19)13(3)26-8-7-14-9-16(29-4)17(30-5)10-15(14)11-26/h9-10,13H,6-8,11H2,1-5H3,(H,24,25,27). The number of rotatable bonds is 6. The zero-order valence-corrected chi connectivity index (χ0v) is 19.7. The lowest BCUT2D eigenvalue weighted by Crippen LogP contribution is -2.34. The van der Waals surface area contributed by atoms with Gasteiger partial charge >= 0.3 is 5.97 Å². The third-order valence-electron chi connectivity index (χ3n) is 5.97. The smallest absolute Gasteiger partial charge is 0.348 e. The average Bonchev–Trinajstić information content (AvgIpc) is 3.14. The van der Waals surface area contributed by atoms with Crippen LogP contribution >= 0.6 is 11.3 Å². The maximum Gasteiger partial charge on any atom is 0.348 e. The van der Waals surface area contributed by atoms with Crippen molar-refractivity contribution in [3.63, 3.8) is 0 Å². The summed E-state index contributed by atoms with van der Waals surface area (Å²) >= 11 is 1.21. The summed E-state index contributed by atoms with van der Waals surface area (Å²) in [6.07, 6.45) is 0.859. The number of benzene rings is 1. The van der Waals surface area contributed by atoms with Crippen molar-refractivity contribution in [1.29, 1.82) is 0 Å². The number of fused-ring (bicyclic) bond motifs is 2. The fraction of sp³-hybridized carbons (Fsp3) is 0.435. The van der Waals surface area contributed by atoms with E-state index in [2.05, 4.69) is 9.88 Å². The van der Waals surface area contributed by atoms with E-state index >= 15 is 0 Å². The third kappa shape index (κ3) is 3.86. The molecule has 0 saturated carbocycles. The average molecular weight is 458 g/mol. The van der Waals surface area contributed by atoms with E-state index in [9.17, 15) is 9.59 Å². The molecule has 4 rings (SSSR count). The molecule has 0 amide bonds. The normalized spacial score (nSPS) is 14.8. The van der Waals surface area contributed by atoms with Crippen LogP contribution in [-0.2, 0) is 17.7 Å². The Bertz CT molecular complexity index is 1230. The summed E-state index contributed by atoms with van der Waals surface area (Å²) in [5.41, 5.74) is 2.78. The van der Waals surface area contributed by atoms with Crippen LogP contribution in [0.25, 0.3) is 10.2 Å². The molecule has 2 aromatic heterocycles. The lowest BCUT2D eigenvalue weighted by molar-refractivity contribution is 0.0531. The second kappa shape index (κ2) is 8.91. The molecule has 3 heterocycles. The van der Waals surface area contributed by atoms with Gasteiger partial charge in [-0.05, 0) is 56.0 Å². The Balaban J connectivity index is 1.65. The summed E-state index contributed by atoms with van der Waals surface area (Å²) in [6, 6.07) is 3.94. The Morgan fingerprint density at radius 1 is 1.25 bits per heavy atom. The molecule has 0 aliphatic carbocycles. The van der Waals surface area contributed by atoms with Crippen LogP contribution in [0.3, 0.4) is 0 Å². The molecule has 1 aliphatic heterocycles. The van der Waals surface area contributed by atoms with E-state index in [1.165, 1.54) is 22.5 Å². The summed E-state index contributed by atoms with van der Waals surface area (Å²) < 4.78 is 16.0. The predicted molar refractivity (Wildman–Crippen MR) is 123 cm³/mol. The zero-order valence-electron chi connectivity index (χ0n) is 18.9. The summed E-state index contributed by atoms with van der Waals surface area (Å²) in [5, 5.41) is 0.454. The van der Waals surface area contributed by atoms with Crippen molar-refractivity contribution in [2.24, 2.45) is 0 Å². The number of H-pyrrole nitrogens is 1. The number of ether oxygens (including phenoxy) is 3. The van der Waals surface area contributed by atoms with Crippen molar-refractivity contribution >= 4 is 27.5 Å². The van der Waals surface area contributed by atoms with Crippen molar-refractivity contribution in [2.75, 3.05) is 27.4 Å². The van der Waals surface area contributed by atoms with Crippen LogP contribution in [-0.4, -0.2) is 48.2 Å². The number of aromatic amines is 1. The summed E-state index contributed by atoms with van der Waals surface area (Å²) in [7, 11) is 3.27. The van der Waals surface area contributed by atoms with E-state index in [0.29, 0.717) is 38.8 Å². The Hall–Kier alpha value is -2.91. The highest BCUT2D eigenvalue weighted by molar-refractivity contribution is 7.20. The molecule has 0 bridgehead atoms. The molecule has 3 aromatic rings. The molecule has 1 unspecified atom stereocenters. The minimum atomic E-state index is -0.418. The van der Waals surface area contributed by atoms with Gasteiger partial charge in [0.1, 0.15) is 15.5 Å². The van der Waals surface area contributed by atoms with Crippen molar-refractivity contribution < 1.29 is 19.0 Å². The summed E-state index contributed by atoms with van der Waals surface area (Å²) in [5.74, 6) is 1.60. The third-order valence-corrected chi connectivity index (χ3v) is 7.14. The van der Waals surface area contributed by atoms with Crippen molar-refractivity contribution in [1.82, 2.24) is 14.9 Å². The molecule has 1 N–H and O–H groups in total. The van der Waals surface area contributed by atoms with Gasteiger partial charge in [0, 0.05) is 13.1 Å². The van der Waals surface area contributed by atoms with E-state index in [-0.39, 0.29) is 18.2 Å². The fourth-order valence-electron chi connectivity index (χ4n) is 4.16. The highest BCUT2D eigenvalue weighted by atomic mass is 32.1. The van der Waals surface area contributed by atoms with Gasteiger partial charge in [0.2, 0.25) is 0 Å². The molecule has 1 atom stereocenters. The monoisotopic (exact) mass is 457 g/mol. The van der Waals surface area contributed by atoms with Gasteiger partial charge < -0.3 is 19.2 Å². The number of carbonyl (C=O) groups excluding carboxylic acids is 1. The van der Waals surface area contributed by atoms with Gasteiger partial charge in [-0.2, -0.15) is 0 Å². The van der Waals surface area contributed by atoms with E-state index < -0.39 is 5.97 Å². The molecule has 0 spiro atoms. The van der Waals surface area contributed by atoms with E-state index in [4.69, 9.17) is 19.2 Å².